The molecule has 30 heavy (non-hydrogen) atoms. The lowest BCUT2D eigenvalue weighted by Crippen LogP contribution is -2.43. The smallest absolute Gasteiger partial charge is 0.414 e. The van der Waals surface area contributed by atoms with Crippen LogP contribution < -0.4 is 15.1 Å². The number of ether oxygens (including phenoxy) is 1. The fourth-order valence-electron chi connectivity index (χ4n) is 4.84. The van der Waals surface area contributed by atoms with E-state index in [2.05, 4.69) is 10.2 Å². The number of fused-ring (bicyclic) bond motifs is 4. The lowest BCUT2D eigenvalue weighted by molar-refractivity contribution is -0.127. The van der Waals surface area contributed by atoms with Crippen molar-refractivity contribution >= 4 is 35.1 Å². The summed E-state index contributed by atoms with van der Waals surface area (Å²) in [4.78, 5) is 28.0. The van der Waals surface area contributed by atoms with E-state index in [1.165, 1.54) is 17.4 Å². The van der Waals surface area contributed by atoms with Gasteiger partial charge in [-0.15, -0.1) is 0 Å². The van der Waals surface area contributed by atoms with Gasteiger partial charge in [-0.3, -0.25) is 9.69 Å². The van der Waals surface area contributed by atoms with Crippen LogP contribution in [0.4, 0.5) is 20.6 Å². The summed E-state index contributed by atoms with van der Waals surface area (Å²) in [6.45, 7) is 1.52. The second-order valence-corrected chi connectivity index (χ2v) is 9.99. The summed E-state index contributed by atoms with van der Waals surface area (Å²) in [5.41, 5.74) is 1.14. The monoisotopic (exact) mass is 433 g/mol. The summed E-state index contributed by atoms with van der Waals surface area (Å²) in [7, 11) is 0. The number of carbonyl (C=O) groups excluding carboxylic acids is 2. The maximum absolute atomic E-state index is 15.1. The molecule has 162 valence electrons. The van der Waals surface area contributed by atoms with E-state index in [0.29, 0.717) is 36.4 Å². The molecule has 4 saturated heterocycles. The van der Waals surface area contributed by atoms with E-state index < -0.39 is 12.2 Å². The average Bonchev–Trinajstić information content (AvgIpc) is 2.84. The van der Waals surface area contributed by atoms with E-state index in [1.54, 1.807) is 12.1 Å². The summed E-state index contributed by atoms with van der Waals surface area (Å²) >= 11 is 1.97. The highest BCUT2D eigenvalue weighted by atomic mass is 32.2. The van der Waals surface area contributed by atoms with Crippen molar-refractivity contribution < 1.29 is 18.7 Å². The first-order valence-corrected chi connectivity index (χ1v) is 12.1. The van der Waals surface area contributed by atoms with Crippen molar-refractivity contribution in [1.29, 1.82) is 0 Å². The lowest BCUT2D eigenvalue weighted by atomic mass is 9.85. The topological polar surface area (TPSA) is 61.9 Å². The highest BCUT2D eigenvalue weighted by Gasteiger charge is 2.36. The summed E-state index contributed by atoms with van der Waals surface area (Å²) in [5, 5.41) is 2.88. The van der Waals surface area contributed by atoms with Crippen LogP contribution in [0.1, 0.15) is 32.1 Å². The number of benzene rings is 1. The Kier molecular flexibility index (Phi) is 5.52. The minimum atomic E-state index is -0.490. The maximum Gasteiger partial charge on any atom is 0.414 e. The molecule has 1 aromatic carbocycles. The maximum atomic E-state index is 15.1. The van der Waals surface area contributed by atoms with E-state index in [4.69, 9.17) is 4.74 Å². The number of halogens is 1. The van der Waals surface area contributed by atoms with Crippen molar-refractivity contribution in [2.45, 2.75) is 44.2 Å². The number of nitrogens with zero attached hydrogens (tertiary/aromatic N) is 2. The number of amides is 2. The van der Waals surface area contributed by atoms with Crippen LogP contribution in [0.3, 0.4) is 0 Å². The van der Waals surface area contributed by atoms with Crippen LogP contribution in [0.2, 0.25) is 0 Å². The Morgan fingerprint density at radius 3 is 2.83 bits per heavy atom. The molecule has 4 heterocycles. The number of cyclic esters (lactones) is 1. The Morgan fingerprint density at radius 1 is 1.20 bits per heavy atom. The number of carbonyl (C=O) groups is 2. The number of anilines is 2. The molecule has 3 atom stereocenters. The Balaban J connectivity index is 1.24. The molecular formula is C22H28FN3O3S. The third-order valence-electron chi connectivity index (χ3n) is 6.87. The van der Waals surface area contributed by atoms with E-state index in [-0.39, 0.29) is 17.6 Å². The quantitative estimate of drug-likeness (QED) is 0.771. The highest BCUT2D eigenvalue weighted by molar-refractivity contribution is 7.99. The zero-order chi connectivity index (χ0) is 20.7. The summed E-state index contributed by atoms with van der Waals surface area (Å²) in [6.07, 6.45) is 4.41. The third-order valence-corrected chi connectivity index (χ3v) is 8.20. The molecule has 2 unspecified atom stereocenters. The normalized spacial score (nSPS) is 28.8. The number of nitrogens with one attached hydrogen (secondary N) is 1. The fourth-order valence-corrected chi connectivity index (χ4v) is 6.20. The van der Waals surface area contributed by atoms with Gasteiger partial charge >= 0.3 is 6.09 Å². The molecule has 6 rings (SSSR count). The first-order chi connectivity index (χ1) is 14.6. The molecule has 1 saturated carbocycles. The predicted octanol–water partition coefficient (Wildman–Crippen LogP) is 3.40. The van der Waals surface area contributed by atoms with Crippen molar-refractivity contribution in [1.82, 2.24) is 5.32 Å². The molecule has 6 nitrogen and oxygen atoms in total. The third kappa shape index (κ3) is 3.86. The van der Waals surface area contributed by atoms with Crippen LogP contribution in [0.15, 0.2) is 18.2 Å². The molecule has 4 aliphatic heterocycles. The number of rotatable bonds is 5. The Bertz CT molecular complexity index is 830. The molecule has 0 spiro atoms. The molecule has 2 bridgehead atoms. The average molecular weight is 434 g/mol. The van der Waals surface area contributed by atoms with Gasteiger partial charge in [0.25, 0.3) is 0 Å². The van der Waals surface area contributed by atoms with Crippen LogP contribution in [0.5, 0.6) is 0 Å². The Hall–Kier alpha value is -1.96. The molecule has 0 aromatic heterocycles. The first-order valence-electron chi connectivity index (χ1n) is 11.0. The van der Waals surface area contributed by atoms with Crippen molar-refractivity contribution in [3.8, 4) is 0 Å². The van der Waals surface area contributed by atoms with Gasteiger partial charge in [-0.25, -0.2) is 9.18 Å². The predicted molar refractivity (Wildman–Crippen MR) is 116 cm³/mol. The molecule has 1 N–H and O–H groups in total. The van der Waals surface area contributed by atoms with Gasteiger partial charge in [0.05, 0.1) is 24.5 Å². The van der Waals surface area contributed by atoms with Gasteiger partial charge in [0.2, 0.25) is 5.91 Å². The lowest BCUT2D eigenvalue weighted by Gasteiger charge is -2.38. The Morgan fingerprint density at radius 2 is 2.07 bits per heavy atom. The van der Waals surface area contributed by atoms with Gasteiger partial charge in [0.15, 0.2) is 0 Å². The van der Waals surface area contributed by atoms with Gasteiger partial charge in [0, 0.05) is 24.3 Å². The Labute approximate surface area is 180 Å². The van der Waals surface area contributed by atoms with Crippen LogP contribution in [-0.4, -0.2) is 55.3 Å². The number of piperidine rings is 1. The zero-order valence-electron chi connectivity index (χ0n) is 17.0. The first kappa shape index (κ1) is 20.0. The summed E-state index contributed by atoms with van der Waals surface area (Å²) < 4.78 is 20.5. The zero-order valence-corrected chi connectivity index (χ0v) is 17.8. The minimum Gasteiger partial charge on any atom is -0.442 e. The molecule has 5 aliphatic rings. The van der Waals surface area contributed by atoms with Gasteiger partial charge in [-0.05, 0) is 55.6 Å². The molecule has 0 radical (unpaired) electrons. The second kappa shape index (κ2) is 8.29. The molecule has 1 aliphatic carbocycles. The highest BCUT2D eigenvalue weighted by Crippen LogP contribution is 2.37. The standard InChI is InChI=1S/C22H28FN3O3S/c23-19-8-16(6-7-20(19)25-10-14-4-5-17(25)13-30-12-14)26-11-18(29-22(26)28)9-24-21(27)15-2-1-3-15/h6-8,14-15,17-18H,1-5,9-13H2,(H,24,27)/t14?,17?,18-/m0/s1. The minimum absolute atomic E-state index is 0.0380. The van der Waals surface area contributed by atoms with Crippen LogP contribution in [-0.2, 0) is 9.53 Å². The SMILES string of the molecule is O=C(NC[C@H]1CN(c2ccc(N3CC4CCC3CSC4)c(F)c2)C(=O)O1)C1CCC1. The summed E-state index contributed by atoms with van der Waals surface area (Å²) in [5.74, 6) is 2.68. The summed E-state index contributed by atoms with van der Waals surface area (Å²) in [6, 6.07) is 5.43. The van der Waals surface area contributed by atoms with Gasteiger partial charge < -0.3 is 15.0 Å². The van der Waals surface area contributed by atoms with Crippen molar-refractivity contribution in [3.05, 3.63) is 24.0 Å². The molecule has 8 heteroatoms. The van der Waals surface area contributed by atoms with Crippen molar-refractivity contribution in [3.63, 3.8) is 0 Å². The van der Waals surface area contributed by atoms with E-state index in [1.807, 2.05) is 11.8 Å². The van der Waals surface area contributed by atoms with Gasteiger partial charge in [-0.1, -0.05) is 6.42 Å². The van der Waals surface area contributed by atoms with Crippen molar-refractivity contribution in [2.24, 2.45) is 11.8 Å². The van der Waals surface area contributed by atoms with Gasteiger partial charge in [-0.2, -0.15) is 11.8 Å². The number of hydrogen-bond donors (Lipinski definition) is 1. The van der Waals surface area contributed by atoms with Gasteiger partial charge in [0.1, 0.15) is 11.9 Å². The van der Waals surface area contributed by atoms with E-state index in [0.717, 1.165) is 43.7 Å². The van der Waals surface area contributed by atoms with Crippen LogP contribution >= 0.6 is 11.8 Å². The van der Waals surface area contributed by atoms with E-state index >= 15 is 4.39 Å². The fraction of sp³-hybridized carbons (Fsp3) is 0.636. The number of thioether (sulfide) groups is 1. The molecule has 2 amide bonds. The molecular weight excluding hydrogens is 405 g/mol. The molecule has 1 aromatic rings. The van der Waals surface area contributed by atoms with Crippen LogP contribution in [0.25, 0.3) is 0 Å². The van der Waals surface area contributed by atoms with Crippen LogP contribution in [0, 0.1) is 17.7 Å². The number of hydrogen-bond acceptors (Lipinski definition) is 5. The largest absolute Gasteiger partial charge is 0.442 e. The second-order valence-electron chi connectivity index (χ2n) is 8.91. The molecule has 5 fully saturated rings. The van der Waals surface area contributed by atoms with E-state index in [9.17, 15) is 9.59 Å². The van der Waals surface area contributed by atoms with Crippen molar-refractivity contribution in [2.75, 3.05) is 40.9 Å².